The van der Waals surface area contributed by atoms with Crippen molar-refractivity contribution in [3.63, 3.8) is 0 Å². The Balaban J connectivity index is 1.72. The summed E-state index contributed by atoms with van der Waals surface area (Å²) in [6, 6.07) is 13.8. The molecule has 0 spiro atoms. The Morgan fingerprint density at radius 1 is 1.19 bits per heavy atom. The lowest BCUT2D eigenvalue weighted by atomic mass is 10.1. The second-order valence-corrected chi connectivity index (χ2v) is 9.71. The highest BCUT2D eigenvalue weighted by Gasteiger charge is 2.30. The molecular weight excluding hydrogens is 416 g/mol. The highest BCUT2D eigenvalue weighted by Crippen LogP contribution is 2.24. The molecule has 2 aromatic carbocycles. The van der Waals surface area contributed by atoms with Crippen molar-refractivity contribution in [1.82, 2.24) is 9.29 Å². The van der Waals surface area contributed by atoms with Gasteiger partial charge >= 0.3 is 0 Å². The smallest absolute Gasteiger partial charge is 0.252 e. The van der Waals surface area contributed by atoms with Crippen LogP contribution in [0.5, 0.6) is 5.75 Å². The van der Waals surface area contributed by atoms with Crippen LogP contribution in [0, 0.1) is 6.92 Å². The summed E-state index contributed by atoms with van der Waals surface area (Å²) in [6.45, 7) is 2.71. The fourth-order valence-corrected chi connectivity index (χ4v) is 5.35. The maximum atomic E-state index is 13.5. The van der Waals surface area contributed by atoms with Gasteiger partial charge in [0.2, 0.25) is 10.0 Å². The monoisotopic (exact) mass is 442 g/mol. The minimum absolute atomic E-state index is 0.0343. The second-order valence-electron chi connectivity index (χ2n) is 7.77. The summed E-state index contributed by atoms with van der Waals surface area (Å²) in [6.07, 6.45) is 1.51. The molecule has 1 fully saturated rings. The number of aromatic amines is 1. The fraction of sp³-hybridized carbons (Fsp3) is 0.348. The molecule has 0 bridgehead atoms. The zero-order valence-electron chi connectivity index (χ0n) is 17.6. The Bertz CT molecular complexity index is 1230. The standard InChI is InChI=1S/C23H26N2O5S/c1-16-5-3-6-17-13-18(23(26)24-22(16)17)14-25(15-20-7-4-12-30-20)31(27,28)21-10-8-19(29-2)9-11-21/h3,5-6,8-11,13,20H,4,7,12,14-15H2,1-2H3,(H,24,26)/t20-/m1/s1. The number of sulfonamides is 1. The Morgan fingerprint density at radius 3 is 2.65 bits per heavy atom. The molecule has 0 amide bonds. The van der Waals surface area contributed by atoms with Crippen molar-refractivity contribution in [2.24, 2.45) is 0 Å². The van der Waals surface area contributed by atoms with Crippen molar-refractivity contribution in [3.05, 3.63) is 70.0 Å². The summed E-state index contributed by atoms with van der Waals surface area (Å²) < 4.78 is 39.1. The van der Waals surface area contributed by atoms with E-state index in [1.807, 2.05) is 25.1 Å². The number of rotatable bonds is 7. The molecule has 7 nitrogen and oxygen atoms in total. The first-order chi connectivity index (χ1) is 14.9. The number of hydrogen-bond acceptors (Lipinski definition) is 5. The predicted octanol–water partition coefficient (Wildman–Crippen LogP) is 3.22. The van der Waals surface area contributed by atoms with E-state index in [-0.39, 0.29) is 29.6 Å². The third-order valence-electron chi connectivity index (χ3n) is 5.64. The molecular formula is C23H26N2O5S. The van der Waals surface area contributed by atoms with Crippen LogP contribution in [0.25, 0.3) is 10.9 Å². The maximum Gasteiger partial charge on any atom is 0.252 e. The number of ether oxygens (including phenoxy) is 2. The molecule has 1 aromatic heterocycles. The molecule has 1 saturated heterocycles. The van der Waals surface area contributed by atoms with Crippen molar-refractivity contribution in [1.29, 1.82) is 0 Å². The van der Waals surface area contributed by atoms with E-state index in [9.17, 15) is 13.2 Å². The lowest BCUT2D eigenvalue weighted by Gasteiger charge is -2.25. The van der Waals surface area contributed by atoms with Gasteiger partial charge in [-0.05, 0) is 61.0 Å². The van der Waals surface area contributed by atoms with Gasteiger partial charge in [-0.15, -0.1) is 0 Å². The molecule has 31 heavy (non-hydrogen) atoms. The van der Waals surface area contributed by atoms with Gasteiger partial charge in [-0.25, -0.2) is 8.42 Å². The number of pyridine rings is 1. The van der Waals surface area contributed by atoms with Crippen molar-refractivity contribution in [3.8, 4) is 5.75 Å². The molecule has 1 N–H and O–H groups in total. The number of para-hydroxylation sites is 1. The van der Waals surface area contributed by atoms with Gasteiger partial charge in [-0.3, -0.25) is 4.79 Å². The number of hydrogen-bond donors (Lipinski definition) is 1. The molecule has 2 heterocycles. The molecule has 0 radical (unpaired) electrons. The Hall–Kier alpha value is -2.68. The number of aromatic nitrogens is 1. The van der Waals surface area contributed by atoms with Crippen molar-refractivity contribution in [2.45, 2.75) is 37.3 Å². The zero-order chi connectivity index (χ0) is 22.0. The van der Waals surface area contributed by atoms with Crippen LogP contribution in [0.2, 0.25) is 0 Å². The van der Waals surface area contributed by atoms with Crippen LogP contribution in [0.3, 0.4) is 0 Å². The van der Waals surface area contributed by atoms with Crippen LogP contribution in [0.4, 0.5) is 0 Å². The van der Waals surface area contributed by atoms with E-state index in [2.05, 4.69) is 4.98 Å². The van der Waals surface area contributed by atoms with E-state index in [0.29, 0.717) is 17.9 Å². The Kier molecular flexibility index (Phi) is 6.13. The predicted molar refractivity (Wildman–Crippen MR) is 119 cm³/mol. The third kappa shape index (κ3) is 4.51. The van der Waals surface area contributed by atoms with Gasteiger partial charge in [0.05, 0.1) is 23.6 Å². The summed E-state index contributed by atoms with van der Waals surface area (Å²) in [5.41, 5.74) is 1.83. The molecule has 0 aliphatic carbocycles. The first-order valence-electron chi connectivity index (χ1n) is 10.3. The van der Waals surface area contributed by atoms with Crippen LogP contribution in [-0.4, -0.2) is 44.1 Å². The first kappa shape index (κ1) is 21.5. The third-order valence-corrected chi connectivity index (χ3v) is 7.47. The average Bonchev–Trinajstić information content (AvgIpc) is 3.28. The molecule has 1 aliphatic heterocycles. The summed E-state index contributed by atoms with van der Waals surface area (Å²) >= 11 is 0. The summed E-state index contributed by atoms with van der Waals surface area (Å²) in [4.78, 5) is 15.8. The number of methoxy groups -OCH3 is 1. The van der Waals surface area contributed by atoms with Crippen molar-refractivity contribution >= 4 is 20.9 Å². The van der Waals surface area contributed by atoms with E-state index in [1.54, 1.807) is 18.2 Å². The minimum Gasteiger partial charge on any atom is -0.497 e. The first-order valence-corrected chi connectivity index (χ1v) is 11.7. The normalized spacial score (nSPS) is 16.8. The van der Waals surface area contributed by atoms with Crippen molar-refractivity contribution in [2.75, 3.05) is 20.3 Å². The SMILES string of the molecule is COc1ccc(S(=O)(=O)N(Cc2cc3cccc(C)c3[nH]c2=O)C[C@H]2CCCO2)cc1. The Morgan fingerprint density at radius 2 is 1.97 bits per heavy atom. The maximum absolute atomic E-state index is 13.5. The average molecular weight is 443 g/mol. The fourth-order valence-electron chi connectivity index (χ4n) is 3.90. The largest absolute Gasteiger partial charge is 0.497 e. The Labute approximate surface area is 181 Å². The summed E-state index contributed by atoms with van der Waals surface area (Å²) in [5.74, 6) is 0.575. The van der Waals surface area contributed by atoms with Gasteiger partial charge < -0.3 is 14.5 Å². The minimum atomic E-state index is -3.84. The van der Waals surface area contributed by atoms with Gasteiger partial charge in [0.1, 0.15) is 5.75 Å². The van der Waals surface area contributed by atoms with Crippen LogP contribution < -0.4 is 10.3 Å². The van der Waals surface area contributed by atoms with Gasteiger partial charge in [-0.1, -0.05) is 18.2 Å². The van der Waals surface area contributed by atoms with E-state index in [1.165, 1.54) is 23.5 Å². The number of nitrogens with zero attached hydrogens (tertiary/aromatic N) is 1. The lowest BCUT2D eigenvalue weighted by molar-refractivity contribution is 0.0925. The van der Waals surface area contributed by atoms with E-state index in [0.717, 1.165) is 29.3 Å². The molecule has 3 aromatic rings. The van der Waals surface area contributed by atoms with Gasteiger partial charge in [0.15, 0.2) is 0 Å². The van der Waals surface area contributed by atoms with E-state index >= 15 is 0 Å². The number of nitrogens with one attached hydrogen (secondary N) is 1. The summed E-state index contributed by atoms with van der Waals surface area (Å²) in [5, 5.41) is 0.869. The molecule has 1 aliphatic rings. The molecule has 4 rings (SSSR count). The number of aryl methyl sites for hydroxylation is 1. The lowest BCUT2D eigenvalue weighted by Crippen LogP contribution is -2.38. The molecule has 0 unspecified atom stereocenters. The number of fused-ring (bicyclic) bond motifs is 1. The molecule has 1 atom stereocenters. The van der Waals surface area contributed by atoms with Crippen molar-refractivity contribution < 1.29 is 17.9 Å². The van der Waals surface area contributed by atoms with Crippen LogP contribution in [0.1, 0.15) is 24.0 Å². The molecule has 164 valence electrons. The van der Waals surface area contributed by atoms with E-state index in [4.69, 9.17) is 9.47 Å². The number of H-pyrrole nitrogens is 1. The summed E-state index contributed by atoms with van der Waals surface area (Å²) in [7, 11) is -2.32. The zero-order valence-corrected chi connectivity index (χ0v) is 18.4. The van der Waals surface area contributed by atoms with Gasteiger partial charge in [0, 0.05) is 25.3 Å². The number of benzene rings is 2. The van der Waals surface area contributed by atoms with Crippen LogP contribution in [0.15, 0.2) is 58.2 Å². The second kappa shape index (κ2) is 8.82. The van der Waals surface area contributed by atoms with Gasteiger partial charge in [0.25, 0.3) is 5.56 Å². The quantitative estimate of drug-likeness (QED) is 0.607. The highest BCUT2D eigenvalue weighted by atomic mass is 32.2. The topological polar surface area (TPSA) is 88.7 Å². The highest BCUT2D eigenvalue weighted by molar-refractivity contribution is 7.89. The van der Waals surface area contributed by atoms with Crippen LogP contribution in [-0.2, 0) is 21.3 Å². The van der Waals surface area contributed by atoms with Crippen LogP contribution >= 0.6 is 0 Å². The molecule has 0 saturated carbocycles. The van der Waals surface area contributed by atoms with E-state index < -0.39 is 10.0 Å². The molecule has 8 heteroatoms. The van der Waals surface area contributed by atoms with Gasteiger partial charge in [-0.2, -0.15) is 4.31 Å².